The van der Waals surface area contributed by atoms with Gasteiger partial charge < -0.3 is 16.0 Å². The first-order valence-corrected chi connectivity index (χ1v) is 10.5. The standard InChI is InChI=1S/C19H22N6O4S/c1-2-22-18(29)24-16-14(10-3-5-20-8-12(10)30-16)15(27)11-7-21-6-4-19(11)17(28)23-13(9-26)25-19/h3,5,8-9,11,13,21,25H,2,4,6-7H2,1H3,(H,23,28)(H2,22,24,29). The molecule has 4 rings (SSSR count). The van der Waals surface area contributed by atoms with Crippen molar-refractivity contribution in [2.75, 3.05) is 25.0 Å². The van der Waals surface area contributed by atoms with Crippen LogP contribution in [0.1, 0.15) is 23.7 Å². The Morgan fingerprint density at radius 2 is 2.27 bits per heavy atom. The lowest BCUT2D eigenvalue weighted by Crippen LogP contribution is -2.63. The normalized spacial score (nSPS) is 25.8. The molecule has 2 aliphatic rings. The maximum Gasteiger partial charge on any atom is 0.319 e. The molecule has 2 saturated heterocycles. The van der Waals surface area contributed by atoms with Gasteiger partial charge in [0.15, 0.2) is 12.1 Å². The Morgan fingerprint density at radius 1 is 1.43 bits per heavy atom. The maximum absolute atomic E-state index is 13.8. The third-order valence-electron chi connectivity index (χ3n) is 5.50. The number of aldehydes is 1. The Hall–Kier alpha value is -2.89. The molecule has 5 N–H and O–H groups in total. The molecule has 2 aliphatic heterocycles. The van der Waals surface area contributed by atoms with Crippen molar-refractivity contribution in [3.05, 3.63) is 24.0 Å². The van der Waals surface area contributed by atoms with Crippen LogP contribution in [-0.2, 0) is 9.59 Å². The summed E-state index contributed by atoms with van der Waals surface area (Å²) in [6.45, 7) is 3.04. The van der Waals surface area contributed by atoms with Gasteiger partial charge in [-0.05, 0) is 26.0 Å². The molecule has 0 radical (unpaired) electrons. The monoisotopic (exact) mass is 430 g/mol. The molecule has 3 unspecified atom stereocenters. The summed E-state index contributed by atoms with van der Waals surface area (Å²) < 4.78 is 0.750. The fourth-order valence-electron chi connectivity index (χ4n) is 4.12. The summed E-state index contributed by atoms with van der Waals surface area (Å²) in [5.41, 5.74) is -0.834. The highest BCUT2D eigenvalue weighted by Crippen LogP contribution is 2.40. The van der Waals surface area contributed by atoms with Crippen molar-refractivity contribution < 1.29 is 19.2 Å². The maximum atomic E-state index is 13.8. The predicted octanol–water partition coefficient (Wildman–Crippen LogP) is 0.213. The van der Waals surface area contributed by atoms with Crippen molar-refractivity contribution >= 4 is 50.4 Å². The molecule has 158 valence electrons. The van der Waals surface area contributed by atoms with E-state index >= 15 is 0 Å². The van der Waals surface area contributed by atoms with Gasteiger partial charge in [-0.3, -0.25) is 30.0 Å². The summed E-state index contributed by atoms with van der Waals surface area (Å²) in [6, 6.07) is 1.31. The van der Waals surface area contributed by atoms with E-state index in [1.165, 1.54) is 11.3 Å². The van der Waals surface area contributed by atoms with Gasteiger partial charge in [0.2, 0.25) is 5.91 Å². The zero-order chi connectivity index (χ0) is 21.3. The van der Waals surface area contributed by atoms with Crippen LogP contribution in [0, 0.1) is 5.92 Å². The zero-order valence-electron chi connectivity index (χ0n) is 16.3. The average molecular weight is 430 g/mol. The van der Waals surface area contributed by atoms with Gasteiger partial charge in [-0.25, -0.2) is 4.79 Å². The number of Topliss-reactive ketones (excluding diaryl/α,β-unsaturated/α-hetero) is 1. The molecular formula is C19H22N6O4S. The van der Waals surface area contributed by atoms with Crippen molar-refractivity contribution in [3.8, 4) is 0 Å². The molecule has 10 nitrogen and oxygen atoms in total. The van der Waals surface area contributed by atoms with Crippen molar-refractivity contribution in [2.45, 2.75) is 25.0 Å². The Balaban J connectivity index is 1.77. The molecule has 0 saturated carbocycles. The van der Waals surface area contributed by atoms with Crippen molar-refractivity contribution in [1.29, 1.82) is 0 Å². The minimum absolute atomic E-state index is 0.272. The molecule has 3 amide bonds. The number of anilines is 1. The number of carbonyl (C=O) groups excluding carboxylic acids is 4. The van der Waals surface area contributed by atoms with E-state index in [9.17, 15) is 19.2 Å². The number of urea groups is 1. The topological polar surface area (TPSA) is 141 Å². The highest BCUT2D eigenvalue weighted by molar-refractivity contribution is 7.23. The number of piperidine rings is 1. The van der Waals surface area contributed by atoms with Gasteiger partial charge in [-0.2, -0.15) is 0 Å². The summed E-state index contributed by atoms with van der Waals surface area (Å²) in [7, 11) is 0. The average Bonchev–Trinajstić information content (AvgIpc) is 3.25. The molecule has 30 heavy (non-hydrogen) atoms. The highest BCUT2D eigenvalue weighted by Gasteiger charge is 2.55. The number of nitrogens with zero attached hydrogens (tertiary/aromatic N) is 1. The van der Waals surface area contributed by atoms with E-state index in [0.29, 0.717) is 41.7 Å². The van der Waals surface area contributed by atoms with Crippen LogP contribution in [0.4, 0.5) is 9.80 Å². The molecule has 4 heterocycles. The van der Waals surface area contributed by atoms with Crippen LogP contribution in [0.5, 0.6) is 0 Å². The lowest BCUT2D eigenvalue weighted by atomic mass is 9.74. The van der Waals surface area contributed by atoms with E-state index < -0.39 is 23.7 Å². The van der Waals surface area contributed by atoms with Crippen LogP contribution in [0.2, 0.25) is 0 Å². The lowest BCUT2D eigenvalue weighted by molar-refractivity contribution is -0.126. The number of rotatable bonds is 5. The van der Waals surface area contributed by atoms with Crippen LogP contribution >= 0.6 is 11.3 Å². The first kappa shape index (κ1) is 20.4. The SMILES string of the molecule is CCNC(=O)Nc1sc2cnccc2c1C(=O)C1CNCCC12NC(C=O)NC2=O. The van der Waals surface area contributed by atoms with E-state index in [1.807, 2.05) is 0 Å². The Bertz CT molecular complexity index is 1020. The van der Waals surface area contributed by atoms with E-state index in [2.05, 4.69) is 31.6 Å². The number of pyridine rings is 1. The highest BCUT2D eigenvalue weighted by atomic mass is 32.1. The summed E-state index contributed by atoms with van der Waals surface area (Å²) in [5.74, 6) is -1.39. The van der Waals surface area contributed by atoms with Gasteiger partial charge in [0.05, 0.1) is 16.2 Å². The number of hydrogen-bond donors (Lipinski definition) is 5. The molecule has 2 fully saturated rings. The van der Waals surface area contributed by atoms with Gasteiger partial charge in [0.1, 0.15) is 16.7 Å². The minimum Gasteiger partial charge on any atom is -0.338 e. The molecule has 0 aliphatic carbocycles. The second kappa shape index (κ2) is 8.09. The molecule has 0 bridgehead atoms. The molecule has 11 heteroatoms. The number of ketones is 1. The van der Waals surface area contributed by atoms with Crippen LogP contribution in [0.3, 0.4) is 0 Å². The Labute approximate surface area is 176 Å². The van der Waals surface area contributed by atoms with Crippen molar-refractivity contribution in [1.82, 2.24) is 26.3 Å². The number of hydrogen-bond acceptors (Lipinski definition) is 8. The number of nitrogens with one attached hydrogen (secondary N) is 5. The van der Waals surface area contributed by atoms with E-state index in [1.54, 1.807) is 25.4 Å². The van der Waals surface area contributed by atoms with Gasteiger partial charge in [0.25, 0.3) is 0 Å². The molecule has 2 aromatic heterocycles. The van der Waals surface area contributed by atoms with Gasteiger partial charge >= 0.3 is 6.03 Å². The number of thiophene rings is 1. The third-order valence-corrected chi connectivity index (χ3v) is 6.56. The largest absolute Gasteiger partial charge is 0.338 e. The minimum atomic E-state index is -1.18. The smallest absolute Gasteiger partial charge is 0.319 e. The van der Waals surface area contributed by atoms with Gasteiger partial charge in [0, 0.05) is 30.9 Å². The fourth-order valence-corrected chi connectivity index (χ4v) is 5.19. The lowest BCUT2D eigenvalue weighted by Gasteiger charge is -2.38. The summed E-state index contributed by atoms with van der Waals surface area (Å²) in [6.07, 6.45) is 3.37. The molecular weight excluding hydrogens is 408 g/mol. The number of aromatic nitrogens is 1. The van der Waals surface area contributed by atoms with E-state index in [4.69, 9.17) is 0 Å². The second-order valence-electron chi connectivity index (χ2n) is 7.24. The number of amides is 3. The molecule has 1 spiro atoms. The predicted molar refractivity (Wildman–Crippen MR) is 111 cm³/mol. The molecule has 2 aromatic rings. The summed E-state index contributed by atoms with van der Waals surface area (Å²) in [5, 5.41) is 15.3. The molecule has 0 aromatic carbocycles. The quantitative estimate of drug-likeness (QED) is 0.337. The van der Waals surface area contributed by atoms with Crippen LogP contribution in [0.25, 0.3) is 10.1 Å². The fraction of sp³-hybridized carbons (Fsp3) is 0.421. The summed E-state index contributed by atoms with van der Waals surface area (Å²) >= 11 is 1.25. The Morgan fingerprint density at radius 3 is 3.00 bits per heavy atom. The van der Waals surface area contributed by atoms with Crippen molar-refractivity contribution in [3.63, 3.8) is 0 Å². The van der Waals surface area contributed by atoms with Gasteiger partial charge in [-0.1, -0.05) is 0 Å². The first-order chi connectivity index (χ1) is 14.5. The number of fused-ring (bicyclic) bond motifs is 1. The third kappa shape index (κ3) is 3.34. The van der Waals surface area contributed by atoms with Crippen LogP contribution in [0.15, 0.2) is 18.5 Å². The van der Waals surface area contributed by atoms with Crippen LogP contribution in [-0.4, -0.2) is 60.3 Å². The summed E-state index contributed by atoms with van der Waals surface area (Å²) in [4.78, 5) is 54.1. The zero-order valence-corrected chi connectivity index (χ0v) is 17.1. The van der Waals surface area contributed by atoms with E-state index in [-0.39, 0.29) is 18.2 Å². The van der Waals surface area contributed by atoms with Crippen molar-refractivity contribution in [2.24, 2.45) is 5.92 Å². The van der Waals surface area contributed by atoms with E-state index in [0.717, 1.165) is 4.70 Å². The molecule has 3 atom stereocenters. The second-order valence-corrected chi connectivity index (χ2v) is 8.29. The first-order valence-electron chi connectivity index (χ1n) is 9.70. The number of carbonyl (C=O) groups is 4. The Kier molecular flexibility index (Phi) is 5.50. The van der Waals surface area contributed by atoms with Crippen LogP contribution < -0.4 is 26.6 Å². The van der Waals surface area contributed by atoms with Gasteiger partial charge in [-0.15, -0.1) is 11.3 Å².